The second-order valence-electron chi connectivity index (χ2n) is 17.0. The van der Waals surface area contributed by atoms with Crippen LogP contribution in [0.2, 0.25) is 10.0 Å². The number of anilines is 2. The van der Waals surface area contributed by atoms with Crippen LogP contribution in [0.3, 0.4) is 0 Å². The zero-order valence-corrected chi connectivity index (χ0v) is 35.7. The summed E-state index contributed by atoms with van der Waals surface area (Å²) in [5, 5.41) is 15.2. The first-order valence-electron chi connectivity index (χ1n) is 21.4. The maximum Gasteiger partial charge on any atom is 0.255 e. The van der Waals surface area contributed by atoms with Crippen LogP contribution in [0, 0.1) is 5.82 Å². The lowest BCUT2D eigenvalue weighted by atomic mass is 9.55. The molecule has 15 heteroatoms. The summed E-state index contributed by atoms with van der Waals surface area (Å²) in [5.41, 5.74) is 1.96. The molecule has 4 atom stereocenters. The van der Waals surface area contributed by atoms with Crippen LogP contribution in [0.25, 0.3) is 6.08 Å². The monoisotopic (exact) mass is 890 g/mol. The molecule has 9 rings (SSSR count). The Morgan fingerprint density at radius 3 is 2.52 bits per heavy atom. The van der Waals surface area contributed by atoms with Gasteiger partial charge in [-0.25, -0.2) is 4.39 Å². The van der Waals surface area contributed by atoms with Crippen molar-refractivity contribution in [3.63, 3.8) is 0 Å². The number of allylic oxidation sites excluding steroid dienone is 1. The maximum atomic E-state index is 16.3. The van der Waals surface area contributed by atoms with Crippen LogP contribution in [0.4, 0.5) is 15.8 Å². The van der Waals surface area contributed by atoms with Gasteiger partial charge < -0.3 is 20.9 Å². The fourth-order valence-electron chi connectivity index (χ4n) is 10.7. The van der Waals surface area contributed by atoms with E-state index < -0.39 is 46.6 Å². The predicted molar refractivity (Wildman–Crippen MR) is 237 cm³/mol. The molecule has 0 aromatic heterocycles. The molecule has 2 saturated heterocycles. The Morgan fingerprint density at radius 2 is 1.71 bits per heavy atom. The van der Waals surface area contributed by atoms with Crippen LogP contribution in [0.1, 0.15) is 107 Å². The summed E-state index contributed by atoms with van der Waals surface area (Å²) in [7, 11) is 0. The fraction of sp³-hybridized carbons (Fsp3) is 0.333. The topological polar surface area (TPSA) is 166 Å². The third-order valence-electron chi connectivity index (χ3n) is 13.4. The smallest absolute Gasteiger partial charge is 0.255 e. The zero-order valence-electron chi connectivity index (χ0n) is 34.2. The number of carbonyl (C=O) groups is 6. The Hall–Kier alpha value is -5.89. The molecule has 1 unspecified atom stereocenters. The highest BCUT2D eigenvalue weighted by Crippen LogP contribution is 2.63. The lowest BCUT2D eigenvalue weighted by Gasteiger charge is -2.47. The minimum absolute atomic E-state index is 0.118. The van der Waals surface area contributed by atoms with E-state index in [4.69, 9.17) is 23.2 Å². The molecule has 63 heavy (non-hydrogen) atoms. The van der Waals surface area contributed by atoms with Gasteiger partial charge in [-0.1, -0.05) is 91.0 Å². The molecular weight excluding hydrogens is 846 g/mol. The van der Waals surface area contributed by atoms with Crippen LogP contribution in [0.5, 0.6) is 0 Å². The van der Waals surface area contributed by atoms with Gasteiger partial charge in [0.2, 0.25) is 23.6 Å². The molecular formula is C48H45Cl2FN6O6. The standard InChI is InChI=1S/C48H45Cl2FN6O6/c49-29-17-18-34-36(25-29)54-46(63)48(34)39(32-15-9-16-35(50)40(32)51)41(56-47(48)21-4-2-5-22-47)44(61)53-30-13-7-12-28(24-30)42(59)52-23-6-1-3-10-27-11-8-14-31-33(27)26-57(45(31)62)37-19-20-38(58)55-43(37)60/h3,7-18,24-25,37,39,41,56H,1-2,4-6,19-23,26H2,(H,52,59)(H,53,61)(H,54,63)(H,55,58,60)/b10-3+/t37?,39-,41+,48+/m0/s1. The molecule has 324 valence electrons. The van der Waals surface area contributed by atoms with E-state index in [0.717, 1.165) is 30.4 Å². The van der Waals surface area contributed by atoms with Gasteiger partial charge in [-0.15, -0.1) is 0 Å². The van der Waals surface area contributed by atoms with Crippen molar-refractivity contribution in [2.75, 3.05) is 17.2 Å². The molecule has 0 bridgehead atoms. The predicted octanol–water partition coefficient (Wildman–Crippen LogP) is 7.40. The van der Waals surface area contributed by atoms with Crippen molar-refractivity contribution in [2.45, 2.75) is 93.3 Å². The van der Waals surface area contributed by atoms with Gasteiger partial charge in [-0.05, 0) is 96.8 Å². The van der Waals surface area contributed by atoms with Crippen LogP contribution in [0.15, 0.2) is 84.9 Å². The summed E-state index contributed by atoms with van der Waals surface area (Å²) in [6.45, 7) is 0.643. The first-order chi connectivity index (χ1) is 30.4. The van der Waals surface area contributed by atoms with E-state index in [9.17, 15) is 28.8 Å². The van der Waals surface area contributed by atoms with Gasteiger partial charge in [0.25, 0.3) is 11.8 Å². The molecule has 2 spiro atoms. The Balaban J connectivity index is 0.879. The molecule has 4 heterocycles. The number of rotatable bonds is 10. The zero-order chi connectivity index (χ0) is 44.0. The summed E-state index contributed by atoms with van der Waals surface area (Å²) >= 11 is 12.8. The van der Waals surface area contributed by atoms with E-state index in [1.807, 2.05) is 18.2 Å². The number of imide groups is 1. The number of hydrogen-bond donors (Lipinski definition) is 5. The van der Waals surface area contributed by atoms with Crippen molar-refractivity contribution in [3.8, 4) is 0 Å². The molecule has 4 aromatic rings. The van der Waals surface area contributed by atoms with Crippen LogP contribution in [-0.2, 0) is 31.1 Å². The van der Waals surface area contributed by atoms with Gasteiger partial charge in [0.05, 0.1) is 11.1 Å². The average molecular weight is 892 g/mol. The number of nitrogens with zero attached hydrogens (tertiary/aromatic N) is 1. The number of hydrogen-bond acceptors (Lipinski definition) is 7. The van der Waals surface area contributed by atoms with Crippen molar-refractivity contribution in [3.05, 3.63) is 134 Å². The summed E-state index contributed by atoms with van der Waals surface area (Å²) in [6.07, 6.45) is 9.37. The third-order valence-corrected chi connectivity index (χ3v) is 14.0. The van der Waals surface area contributed by atoms with Crippen molar-refractivity contribution < 1.29 is 33.2 Å². The number of fused-ring (bicyclic) bond motifs is 4. The van der Waals surface area contributed by atoms with Crippen molar-refractivity contribution in [2.24, 2.45) is 0 Å². The van der Waals surface area contributed by atoms with E-state index in [0.29, 0.717) is 71.7 Å². The van der Waals surface area contributed by atoms with E-state index >= 15 is 4.39 Å². The van der Waals surface area contributed by atoms with Gasteiger partial charge >= 0.3 is 0 Å². The molecule has 3 fully saturated rings. The Morgan fingerprint density at radius 1 is 0.921 bits per heavy atom. The first kappa shape index (κ1) is 42.4. The number of nitrogens with one attached hydrogen (secondary N) is 5. The third kappa shape index (κ3) is 7.39. The van der Waals surface area contributed by atoms with E-state index in [2.05, 4.69) is 26.6 Å². The van der Waals surface area contributed by atoms with Gasteiger partial charge in [0.1, 0.15) is 17.3 Å². The second-order valence-corrected chi connectivity index (χ2v) is 17.8. The minimum atomic E-state index is -1.38. The highest BCUT2D eigenvalue weighted by Gasteiger charge is 2.72. The summed E-state index contributed by atoms with van der Waals surface area (Å²) in [4.78, 5) is 81.5. The van der Waals surface area contributed by atoms with E-state index in [1.54, 1.807) is 66.7 Å². The fourth-order valence-corrected chi connectivity index (χ4v) is 11.0. The molecule has 4 aliphatic heterocycles. The number of carbonyl (C=O) groups excluding carboxylic acids is 6. The first-order valence-corrected chi connectivity index (χ1v) is 22.1. The quantitative estimate of drug-likeness (QED) is 0.0818. The summed E-state index contributed by atoms with van der Waals surface area (Å²) < 4.78 is 16.3. The van der Waals surface area contributed by atoms with Crippen LogP contribution in [-0.4, -0.2) is 64.5 Å². The number of unbranched alkanes of at least 4 members (excludes halogenated alkanes) is 1. The molecule has 12 nitrogen and oxygen atoms in total. The van der Waals surface area contributed by atoms with Gasteiger partial charge in [-0.2, -0.15) is 0 Å². The highest BCUT2D eigenvalue weighted by atomic mass is 35.5. The molecule has 1 aliphatic carbocycles. The van der Waals surface area contributed by atoms with Gasteiger partial charge in [-0.3, -0.25) is 39.4 Å². The Kier molecular flexibility index (Phi) is 11.4. The largest absolute Gasteiger partial charge is 0.352 e. The summed E-state index contributed by atoms with van der Waals surface area (Å²) in [6, 6.07) is 20.1. The molecule has 6 amide bonds. The van der Waals surface area contributed by atoms with Gasteiger partial charge in [0, 0.05) is 58.5 Å². The lowest BCUT2D eigenvalue weighted by molar-refractivity contribution is -0.137. The van der Waals surface area contributed by atoms with Crippen molar-refractivity contribution >= 4 is 76.1 Å². The van der Waals surface area contributed by atoms with Crippen molar-refractivity contribution in [1.29, 1.82) is 0 Å². The van der Waals surface area contributed by atoms with Crippen molar-refractivity contribution in [1.82, 2.24) is 20.9 Å². The Bertz CT molecular complexity index is 2610. The SMILES string of the molecule is O=C1CCC(N2Cc3c(/C=C/CCCNC(=O)c4cccc(NC(=O)[C@@H]5NC6(CCCCC6)[C@@]6(C(=O)Nc7cc(Cl)ccc76)[C@H]5c5cccc(Cl)c5F)c4)cccc3C2=O)C(=O)N1. The normalized spacial score (nSPS) is 23.5. The average Bonchev–Trinajstić information content (AvgIpc) is 3.87. The maximum absolute atomic E-state index is 16.3. The molecule has 5 aliphatic rings. The van der Waals surface area contributed by atoms with Crippen LogP contribution >= 0.6 is 23.2 Å². The van der Waals surface area contributed by atoms with Crippen LogP contribution < -0.4 is 26.6 Å². The molecule has 0 radical (unpaired) electrons. The minimum Gasteiger partial charge on any atom is -0.352 e. The van der Waals surface area contributed by atoms with E-state index in [-0.39, 0.29) is 47.2 Å². The number of halogens is 3. The molecule has 5 N–H and O–H groups in total. The summed E-state index contributed by atoms with van der Waals surface area (Å²) in [5.74, 6) is -3.87. The van der Waals surface area contributed by atoms with Gasteiger partial charge in [0.15, 0.2) is 0 Å². The number of amides is 6. The number of piperidine rings is 1. The Labute approximate surface area is 373 Å². The number of benzene rings is 4. The lowest BCUT2D eigenvalue weighted by Crippen LogP contribution is -2.60. The highest BCUT2D eigenvalue weighted by molar-refractivity contribution is 6.31. The second kappa shape index (κ2) is 17.0. The molecule has 4 aromatic carbocycles. The van der Waals surface area contributed by atoms with E-state index in [1.165, 1.54) is 11.0 Å². The molecule has 1 saturated carbocycles.